The zero-order valence-corrected chi connectivity index (χ0v) is 10.5. The number of hydrogen-bond donors (Lipinski definition) is 1. The molecule has 1 N–H and O–H groups in total. The van der Waals surface area contributed by atoms with Gasteiger partial charge in [0, 0.05) is 17.8 Å². The van der Waals surface area contributed by atoms with Crippen molar-refractivity contribution in [1.29, 1.82) is 0 Å². The largest absolute Gasteiger partial charge is 0.384 e. The number of rotatable bonds is 1. The summed E-state index contributed by atoms with van der Waals surface area (Å²) >= 11 is 0. The summed E-state index contributed by atoms with van der Waals surface area (Å²) in [6, 6.07) is 11.3. The van der Waals surface area contributed by atoms with Gasteiger partial charge in [-0.05, 0) is 48.6 Å². The van der Waals surface area contributed by atoms with E-state index < -0.39 is 0 Å². The Labute approximate surface area is 107 Å². The monoisotopic (exact) mass is 241 g/mol. The van der Waals surface area contributed by atoms with Crippen LogP contribution in [0.4, 0.5) is 10.1 Å². The fourth-order valence-corrected chi connectivity index (χ4v) is 2.62. The molecule has 0 unspecified atom stereocenters. The highest BCUT2D eigenvalue weighted by molar-refractivity contribution is 5.82. The predicted molar refractivity (Wildman–Crippen MR) is 73.4 cm³/mol. The molecule has 0 spiro atoms. The van der Waals surface area contributed by atoms with Gasteiger partial charge in [-0.15, -0.1) is 0 Å². The van der Waals surface area contributed by atoms with Crippen LogP contribution in [0.1, 0.15) is 17.5 Å². The number of hydrogen-bond acceptors (Lipinski definition) is 1. The summed E-state index contributed by atoms with van der Waals surface area (Å²) in [5.74, 6) is -0.177. The summed E-state index contributed by atoms with van der Waals surface area (Å²) in [5.41, 5.74) is 5.72. The Balaban J connectivity index is 2.19. The maximum Gasteiger partial charge on any atom is 0.123 e. The van der Waals surface area contributed by atoms with Crippen LogP contribution in [0.2, 0.25) is 0 Å². The minimum absolute atomic E-state index is 0.177. The Morgan fingerprint density at radius 2 is 2.00 bits per heavy atom. The molecule has 0 atom stereocenters. The van der Waals surface area contributed by atoms with Crippen molar-refractivity contribution >= 4 is 5.69 Å². The summed E-state index contributed by atoms with van der Waals surface area (Å²) in [4.78, 5) is 0. The van der Waals surface area contributed by atoms with Gasteiger partial charge in [0.2, 0.25) is 0 Å². The van der Waals surface area contributed by atoms with Crippen molar-refractivity contribution in [3.05, 3.63) is 53.3 Å². The smallest absolute Gasteiger partial charge is 0.123 e. The first-order chi connectivity index (χ1) is 8.75. The molecule has 0 aromatic heterocycles. The lowest BCUT2D eigenvalue weighted by molar-refractivity contribution is 0.628. The molecular formula is C16H16FN. The number of anilines is 1. The van der Waals surface area contributed by atoms with Gasteiger partial charge in [0.15, 0.2) is 0 Å². The third kappa shape index (κ3) is 1.88. The summed E-state index contributed by atoms with van der Waals surface area (Å²) in [6.07, 6.45) is 2.27. The van der Waals surface area contributed by atoms with E-state index in [1.54, 1.807) is 6.07 Å². The van der Waals surface area contributed by atoms with E-state index in [0.717, 1.165) is 29.7 Å². The van der Waals surface area contributed by atoms with E-state index in [0.29, 0.717) is 0 Å². The van der Waals surface area contributed by atoms with Crippen LogP contribution in [0.5, 0.6) is 0 Å². The van der Waals surface area contributed by atoms with Crippen molar-refractivity contribution in [3.63, 3.8) is 0 Å². The molecular weight excluding hydrogens is 225 g/mol. The first-order valence-corrected chi connectivity index (χ1v) is 6.38. The second-order valence-corrected chi connectivity index (χ2v) is 4.83. The lowest BCUT2D eigenvalue weighted by atomic mass is 9.93. The highest BCUT2D eigenvalue weighted by atomic mass is 19.1. The lowest BCUT2D eigenvalue weighted by Crippen LogP contribution is -2.12. The van der Waals surface area contributed by atoms with Crippen molar-refractivity contribution in [2.75, 3.05) is 11.9 Å². The van der Waals surface area contributed by atoms with Crippen molar-refractivity contribution in [2.24, 2.45) is 0 Å². The third-order valence-electron chi connectivity index (χ3n) is 3.57. The van der Waals surface area contributed by atoms with Gasteiger partial charge < -0.3 is 5.32 Å². The van der Waals surface area contributed by atoms with Gasteiger partial charge in [0.25, 0.3) is 0 Å². The molecule has 92 valence electrons. The van der Waals surface area contributed by atoms with E-state index >= 15 is 0 Å². The second-order valence-electron chi connectivity index (χ2n) is 4.83. The normalized spacial score (nSPS) is 13.9. The molecule has 3 rings (SSSR count). The number of nitrogens with one attached hydrogen (secondary N) is 1. The van der Waals surface area contributed by atoms with Crippen molar-refractivity contribution < 1.29 is 4.39 Å². The predicted octanol–water partition coefficient (Wildman–Crippen LogP) is 4.16. The molecule has 0 bridgehead atoms. The van der Waals surface area contributed by atoms with E-state index in [1.807, 2.05) is 13.0 Å². The van der Waals surface area contributed by atoms with Gasteiger partial charge in [0.05, 0.1) is 0 Å². The first-order valence-electron chi connectivity index (χ1n) is 6.38. The molecule has 1 aliphatic rings. The van der Waals surface area contributed by atoms with Crippen LogP contribution < -0.4 is 5.32 Å². The Kier molecular flexibility index (Phi) is 2.78. The summed E-state index contributed by atoms with van der Waals surface area (Å²) < 4.78 is 13.4. The number of halogens is 1. The Morgan fingerprint density at radius 1 is 1.11 bits per heavy atom. The molecule has 0 aliphatic carbocycles. The SMILES string of the molecule is Cc1ccc(F)cc1-c1cccc2c1NCCC2. The summed E-state index contributed by atoms with van der Waals surface area (Å²) in [7, 11) is 0. The fraction of sp³-hybridized carbons (Fsp3) is 0.250. The Hall–Kier alpha value is -1.83. The lowest BCUT2D eigenvalue weighted by Gasteiger charge is -2.22. The molecule has 2 aromatic carbocycles. The fourth-order valence-electron chi connectivity index (χ4n) is 2.62. The molecule has 18 heavy (non-hydrogen) atoms. The van der Waals surface area contributed by atoms with Crippen LogP contribution in [0.25, 0.3) is 11.1 Å². The van der Waals surface area contributed by atoms with E-state index in [9.17, 15) is 4.39 Å². The second kappa shape index (κ2) is 4.45. The number of fused-ring (bicyclic) bond motifs is 1. The molecule has 1 nitrogen and oxygen atoms in total. The van der Waals surface area contributed by atoms with Crippen LogP contribution in [0.3, 0.4) is 0 Å². The van der Waals surface area contributed by atoms with Gasteiger partial charge in [-0.25, -0.2) is 4.39 Å². The molecule has 0 saturated carbocycles. The molecule has 2 heteroatoms. The molecule has 0 radical (unpaired) electrons. The highest BCUT2D eigenvalue weighted by Crippen LogP contribution is 2.35. The number of benzene rings is 2. The highest BCUT2D eigenvalue weighted by Gasteiger charge is 2.14. The van der Waals surface area contributed by atoms with Crippen molar-refractivity contribution in [2.45, 2.75) is 19.8 Å². The number of para-hydroxylation sites is 1. The molecule has 0 amide bonds. The maximum atomic E-state index is 13.4. The van der Waals surface area contributed by atoms with Crippen LogP contribution >= 0.6 is 0 Å². The standard InChI is InChI=1S/C16H16FN/c1-11-7-8-13(17)10-15(11)14-6-2-4-12-5-3-9-18-16(12)14/h2,4,6-8,10,18H,3,5,9H2,1H3. The van der Waals surface area contributed by atoms with Crippen LogP contribution in [0, 0.1) is 12.7 Å². The van der Waals surface area contributed by atoms with E-state index in [-0.39, 0.29) is 5.82 Å². The van der Waals surface area contributed by atoms with Gasteiger partial charge >= 0.3 is 0 Å². The Bertz CT molecular complexity index is 590. The van der Waals surface area contributed by atoms with E-state index in [4.69, 9.17) is 0 Å². The van der Waals surface area contributed by atoms with Gasteiger partial charge in [0.1, 0.15) is 5.82 Å². The quantitative estimate of drug-likeness (QED) is 0.790. The molecule has 1 heterocycles. The van der Waals surface area contributed by atoms with Crippen molar-refractivity contribution in [3.8, 4) is 11.1 Å². The maximum absolute atomic E-state index is 13.4. The van der Waals surface area contributed by atoms with Crippen LogP contribution in [-0.2, 0) is 6.42 Å². The van der Waals surface area contributed by atoms with Gasteiger partial charge in [-0.1, -0.05) is 24.3 Å². The minimum Gasteiger partial charge on any atom is -0.384 e. The van der Waals surface area contributed by atoms with Gasteiger partial charge in [-0.3, -0.25) is 0 Å². The zero-order chi connectivity index (χ0) is 12.5. The topological polar surface area (TPSA) is 12.0 Å². The van der Waals surface area contributed by atoms with Crippen molar-refractivity contribution in [1.82, 2.24) is 0 Å². The average Bonchev–Trinajstić information content (AvgIpc) is 2.41. The summed E-state index contributed by atoms with van der Waals surface area (Å²) in [5, 5.41) is 3.45. The molecule has 0 fully saturated rings. The number of aryl methyl sites for hydroxylation is 2. The third-order valence-corrected chi connectivity index (χ3v) is 3.57. The minimum atomic E-state index is -0.177. The molecule has 2 aromatic rings. The average molecular weight is 241 g/mol. The zero-order valence-electron chi connectivity index (χ0n) is 10.5. The van der Waals surface area contributed by atoms with Crippen LogP contribution in [0.15, 0.2) is 36.4 Å². The van der Waals surface area contributed by atoms with E-state index in [1.165, 1.54) is 23.7 Å². The molecule has 1 aliphatic heterocycles. The Morgan fingerprint density at radius 3 is 2.89 bits per heavy atom. The summed E-state index contributed by atoms with van der Waals surface area (Å²) in [6.45, 7) is 3.02. The molecule has 0 saturated heterocycles. The first kappa shape index (κ1) is 11.3. The van der Waals surface area contributed by atoms with E-state index in [2.05, 4.69) is 23.5 Å². The van der Waals surface area contributed by atoms with Crippen LogP contribution in [-0.4, -0.2) is 6.54 Å². The van der Waals surface area contributed by atoms with Gasteiger partial charge in [-0.2, -0.15) is 0 Å².